The van der Waals surface area contributed by atoms with E-state index in [9.17, 15) is 0 Å². The van der Waals surface area contributed by atoms with Crippen LogP contribution in [-0.2, 0) is 0 Å². The second-order valence-electron chi connectivity index (χ2n) is 7.31. The SMILES string of the molecule is c1ccc(C2Nc3ccc4cc(-c5nccc6ccccc56)ccc4c3O2)cc1. The zero-order valence-corrected chi connectivity index (χ0v) is 15.7. The minimum Gasteiger partial charge on any atom is -0.464 e. The van der Waals surface area contributed by atoms with Gasteiger partial charge >= 0.3 is 0 Å². The van der Waals surface area contributed by atoms with Gasteiger partial charge in [0.2, 0.25) is 0 Å². The predicted octanol–water partition coefficient (Wildman–Crippen LogP) is 6.56. The van der Waals surface area contributed by atoms with Crippen molar-refractivity contribution in [2.75, 3.05) is 5.32 Å². The van der Waals surface area contributed by atoms with Crippen LogP contribution in [0.15, 0.2) is 97.2 Å². The summed E-state index contributed by atoms with van der Waals surface area (Å²) < 4.78 is 6.30. The summed E-state index contributed by atoms with van der Waals surface area (Å²) in [6, 6.07) is 31.4. The van der Waals surface area contributed by atoms with Gasteiger partial charge in [-0.1, -0.05) is 66.7 Å². The maximum Gasteiger partial charge on any atom is 0.196 e. The van der Waals surface area contributed by atoms with E-state index in [1.807, 2.05) is 24.4 Å². The van der Waals surface area contributed by atoms with E-state index in [0.717, 1.165) is 44.4 Å². The smallest absolute Gasteiger partial charge is 0.196 e. The molecule has 1 aliphatic rings. The summed E-state index contributed by atoms with van der Waals surface area (Å²) in [7, 11) is 0. The first-order valence-electron chi connectivity index (χ1n) is 9.76. The first-order valence-corrected chi connectivity index (χ1v) is 9.76. The summed E-state index contributed by atoms with van der Waals surface area (Å²) in [6.45, 7) is 0. The van der Waals surface area contributed by atoms with E-state index in [1.165, 1.54) is 5.39 Å². The normalized spacial score (nSPS) is 15.1. The molecule has 0 aliphatic carbocycles. The highest BCUT2D eigenvalue weighted by Crippen LogP contribution is 2.44. The molecule has 0 spiro atoms. The monoisotopic (exact) mass is 374 g/mol. The van der Waals surface area contributed by atoms with Crippen LogP contribution in [0.4, 0.5) is 5.69 Å². The number of anilines is 1. The van der Waals surface area contributed by atoms with Gasteiger partial charge < -0.3 is 10.1 Å². The van der Waals surface area contributed by atoms with Crippen molar-refractivity contribution in [1.29, 1.82) is 0 Å². The molecule has 3 nitrogen and oxygen atoms in total. The van der Waals surface area contributed by atoms with Crippen LogP contribution in [0.3, 0.4) is 0 Å². The van der Waals surface area contributed by atoms with Crippen molar-refractivity contribution < 1.29 is 4.74 Å². The molecule has 0 saturated heterocycles. The van der Waals surface area contributed by atoms with Gasteiger partial charge in [0.25, 0.3) is 0 Å². The maximum atomic E-state index is 6.30. The van der Waals surface area contributed by atoms with Crippen LogP contribution in [0.1, 0.15) is 11.8 Å². The van der Waals surface area contributed by atoms with E-state index in [2.05, 4.69) is 83.1 Å². The Kier molecular flexibility index (Phi) is 3.53. The number of aromatic nitrogens is 1. The Hall–Kier alpha value is -3.85. The molecule has 1 unspecified atom stereocenters. The Bertz CT molecular complexity index is 1360. The number of rotatable bonds is 2. The molecule has 0 radical (unpaired) electrons. The minimum absolute atomic E-state index is 0.156. The van der Waals surface area contributed by atoms with Crippen LogP contribution in [0.2, 0.25) is 0 Å². The van der Waals surface area contributed by atoms with Crippen LogP contribution in [0.25, 0.3) is 32.8 Å². The minimum atomic E-state index is -0.156. The molecule has 5 aromatic rings. The lowest BCUT2D eigenvalue weighted by atomic mass is 10.00. The lowest BCUT2D eigenvalue weighted by molar-refractivity contribution is 0.262. The molecular formula is C26H18N2O. The van der Waals surface area contributed by atoms with Gasteiger partial charge in [-0.15, -0.1) is 0 Å². The number of hydrogen-bond donors (Lipinski definition) is 1. The molecule has 2 heterocycles. The second-order valence-corrected chi connectivity index (χ2v) is 7.31. The fraction of sp³-hybridized carbons (Fsp3) is 0.0385. The van der Waals surface area contributed by atoms with E-state index < -0.39 is 0 Å². The van der Waals surface area contributed by atoms with Crippen LogP contribution in [0, 0.1) is 0 Å². The molecule has 0 amide bonds. The Morgan fingerprint density at radius 2 is 1.59 bits per heavy atom. The molecule has 0 fully saturated rings. The first-order chi connectivity index (χ1) is 14.4. The highest BCUT2D eigenvalue weighted by atomic mass is 16.5. The van der Waals surface area contributed by atoms with Crippen molar-refractivity contribution in [2.45, 2.75) is 6.23 Å². The quantitative estimate of drug-likeness (QED) is 0.380. The van der Waals surface area contributed by atoms with Crippen molar-refractivity contribution in [3.63, 3.8) is 0 Å². The molecule has 3 heteroatoms. The average Bonchev–Trinajstić information content (AvgIpc) is 3.24. The number of nitrogens with zero attached hydrogens (tertiary/aromatic N) is 1. The van der Waals surface area contributed by atoms with E-state index in [-0.39, 0.29) is 6.23 Å². The standard InChI is InChI=1S/C26H18N2O/c1-2-7-18(8-3-1)26-28-23-13-11-19-16-20(10-12-22(19)25(23)29-26)24-21-9-5-4-6-17(21)14-15-27-24/h1-16,26,28H. The summed E-state index contributed by atoms with van der Waals surface area (Å²) in [6.07, 6.45) is 1.72. The molecule has 1 N–H and O–H groups in total. The van der Waals surface area contributed by atoms with Crippen LogP contribution < -0.4 is 10.1 Å². The summed E-state index contributed by atoms with van der Waals surface area (Å²) in [5.74, 6) is 0.911. The molecule has 29 heavy (non-hydrogen) atoms. The molecule has 1 atom stereocenters. The third-order valence-corrected chi connectivity index (χ3v) is 5.54. The lowest BCUT2D eigenvalue weighted by Crippen LogP contribution is -2.09. The van der Waals surface area contributed by atoms with Gasteiger partial charge in [0.15, 0.2) is 12.0 Å². The van der Waals surface area contributed by atoms with Gasteiger partial charge in [0.05, 0.1) is 11.4 Å². The molecule has 138 valence electrons. The van der Waals surface area contributed by atoms with Crippen molar-refractivity contribution in [3.05, 3.63) is 103 Å². The van der Waals surface area contributed by atoms with Gasteiger partial charge in [-0.2, -0.15) is 0 Å². The van der Waals surface area contributed by atoms with Crippen LogP contribution >= 0.6 is 0 Å². The number of benzene rings is 4. The fourth-order valence-electron chi connectivity index (χ4n) is 4.11. The molecule has 4 aromatic carbocycles. The third-order valence-electron chi connectivity index (χ3n) is 5.54. The topological polar surface area (TPSA) is 34.2 Å². The molecule has 1 aromatic heterocycles. The number of fused-ring (bicyclic) bond motifs is 4. The lowest BCUT2D eigenvalue weighted by Gasteiger charge is -2.11. The number of nitrogens with one attached hydrogen (secondary N) is 1. The summed E-state index contributed by atoms with van der Waals surface area (Å²) >= 11 is 0. The van der Waals surface area contributed by atoms with Crippen molar-refractivity contribution in [1.82, 2.24) is 4.98 Å². The number of hydrogen-bond acceptors (Lipinski definition) is 3. The maximum absolute atomic E-state index is 6.30. The predicted molar refractivity (Wildman–Crippen MR) is 118 cm³/mol. The fourth-order valence-corrected chi connectivity index (χ4v) is 4.11. The van der Waals surface area contributed by atoms with Gasteiger partial charge in [-0.25, -0.2) is 0 Å². The van der Waals surface area contributed by atoms with Crippen molar-refractivity contribution in [2.24, 2.45) is 0 Å². The Labute approximate surface area is 168 Å². The summed E-state index contributed by atoms with van der Waals surface area (Å²) in [5, 5.41) is 8.10. The van der Waals surface area contributed by atoms with E-state index in [1.54, 1.807) is 0 Å². The van der Waals surface area contributed by atoms with Crippen LogP contribution in [0.5, 0.6) is 5.75 Å². The molecule has 6 rings (SSSR count). The molecule has 0 bridgehead atoms. The summed E-state index contributed by atoms with van der Waals surface area (Å²) in [5.41, 5.74) is 4.27. The molecule has 0 saturated carbocycles. The van der Waals surface area contributed by atoms with E-state index in [4.69, 9.17) is 4.74 Å². The Balaban J connectivity index is 1.44. The molecular weight excluding hydrogens is 356 g/mol. The largest absolute Gasteiger partial charge is 0.464 e. The highest BCUT2D eigenvalue weighted by molar-refractivity contribution is 6.00. The third kappa shape index (κ3) is 2.63. The zero-order valence-electron chi connectivity index (χ0n) is 15.7. The number of ether oxygens (including phenoxy) is 1. The summed E-state index contributed by atoms with van der Waals surface area (Å²) in [4.78, 5) is 4.66. The van der Waals surface area contributed by atoms with E-state index in [0.29, 0.717) is 0 Å². The Morgan fingerprint density at radius 1 is 0.724 bits per heavy atom. The molecule has 1 aliphatic heterocycles. The van der Waals surface area contributed by atoms with Gasteiger partial charge in [0, 0.05) is 28.1 Å². The van der Waals surface area contributed by atoms with Gasteiger partial charge in [0.1, 0.15) is 0 Å². The van der Waals surface area contributed by atoms with Gasteiger partial charge in [-0.3, -0.25) is 4.98 Å². The Morgan fingerprint density at radius 3 is 2.52 bits per heavy atom. The average molecular weight is 374 g/mol. The number of pyridine rings is 1. The second kappa shape index (κ2) is 6.35. The van der Waals surface area contributed by atoms with Crippen molar-refractivity contribution >= 4 is 27.2 Å². The van der Waals surface area contributed by atoms with Crippen molar-refractivity contribution in [3.8, 4) is 17.0 Å². The van der Waals surface area contributed by atoms with Gasteiger partial charge in [-0.05, 0) is 35.0 Å². The van der Waals surface area contributed by atoms with Crippen LogP contribution in [-0.4, -0.2) is 4.98 Å². The first kappa shape index (κ1) is 16.1. The zero-order chi connectivity index (χ0) is 19.2. The van der Waals surface area contributed by atoms with E-state index >= 15 is 0 Å². The highest BCUT2D eigenvalue weighted by Gasteiger charge is 2.25.